The molecule has 0 atom stereocenters. The molecule has 10 rings (SSSR count). The SMILES string of the molecule is c1ccc2c(-c3ccc(N(c4ccc5cc6c(cc5c4)sc4ccccc46)c4ccc5oc6ccccc6c5c4)cc3)cccc2c1. The summed E-state index contributed by atoms with van der Waals surface area (Å²) in [7, 11) is 0. The summed E-state index contributed by atoms with van der Waals surface area (Å²) in [5.74, 6) is 0. The molecule has 0 saturated carbocycles. The minimum absolute atomic E-state index is 0.895. The van der Waals surface area contributed by atoms with Gasteiger partial charge in [-0.2, -0.15) is 0 Å². The third-order valence-electron chi connectivity index (χ3n) is 9.42. The van der Waals surface area contributed by atoms with E-state index in [0.29, 0.717) is 0 Å². The molecule has 2 aromatic heterocycles. The zero-order valence-corrected chi connectivity index (χ0v) is 26.2. The molecule has 0 unspecified atom stereocenters. The average molecular weight is 618 g/mol. The van der Waals surface area contributed by atoms with Crippen LogP contribution in [0.1, 0.15) is 0 Å². The molecule has 47 heavy (non-hydrogen) atoms. The summed E-state index contributed by atoms with van der Waals surface area (Å²) in [5.41, 5.74) is 7.55. The van der Waals surface area contributed by atoms with E-state index in [9.17, 15) is 0 Å². The molecule has 0 saturated heterocycles. The van der Waals surface area contributed by atoms with E-state index in [1.165, 1.54) is 52.8 Å². The van der Waals surface area contributed by atoms with E-state index in [-0.39, 0.29) is 0 Å². The maximum atomic E-state index is 6.20. The first-order valence-electron chi connectivity index (χ1n) is 15.9. The summed E-state index contributed by atoms with van der Waals surface area (Å²) in [6.45, 7) is 0. The Balaban J connectivity index is 1.15. The van der Waals surface area contributed by atoms with Crippen LogP contribution in [0.2, 0.25) is 0 Å². The van der Waals surface area contributed by atoms with Gasteiger partial charge in [0.15, 0.2) is 0 Å². The standard InChI is InChI=1S/C44H27NOS/c1-2-10-35-28(8-1)9-7-13-36(35)29-16-19-32(20-17-29)45(34-22-23-42-39(27-34)37-11-3-5-14-41(37)46-42)33-21-18-30-25-40-38-12-4-6-15-43(38)47-44(40)26-31(30)24-33/h1-27H. The van der Waals surface area contributed by atoms with Gasteiger partial charge in [0, 0.05) is 48.0 Å². The Bertz CT molecular complexity index is 2800. The van der Waals surface area contributed by atoms with Crippen LogP contribution in [0.15, 0.2) is 168 Å². The Labute approximate surface area is 275 Å². The van der Waals surface area contributed by atoms with Gasteiger partial charge in [-0.3, -0.25) is 0 Å². The molecule has 0 radical (unpaired) electrons. The highest BCUT2D eigenvalue weighted by Gasteiger charge is 2.17. The van der Waals surface area contributed by atoms with Crippen LogP contribution in [0.5, 0.6) is 0 Å². The predicted octanol–water partition coefficient (Wildman–Crippen LogP) is 13.4. The van der Waals surface area contributed by atoms with Gasteiger partial charge in [0.2, 0.25) is 0 Å². The van der Waals surface area contributed by atoms with Crippen LogP contribution in [-0.2, 0) is 0 Å². The number of para-hydroxylation sites is 1. The molecule has 0 fully saturated rings. The lowest BCUT2D eigenvalue weighted by atomic mass is 9.98. The molecule has 2 nitrogen and oxygen atoms in total. The zero-order chi connectivity index (χ0) is 30.9. The quantitative estimate of drug-likeness (QED) is 0.195. The molecule has 0 N–H and O–H groups in total. The molecule has 2 heterocycles. The molecule has 0 amide bonds. The molecule has 0 aliphatic carbocycles. The molecule has 0 bridgehead atoms. The van der Waals surface area contributed by atoms with Crippen LogP contribution in [0.3, 0.4) is 0 Å². The van der Waals surface area contributed by atoms with Gasteiger partial charge in [-0.25, -0.2) is 0 Å². The third kappa shape index (κ3) is 4.25. The highest BCUT2D eigenvalue weighted by atomic mass is 32.1. The number of furan rings is 1. The van der Waals surface area contributed by atoms with E-state index in [2.05, 4.69) is 157 Å². The molecule has 0 aliphatic rings. The topological polar surface area (TPSA) is 16.4 Å². The van der Waals surface area contributed by atoms with Gasteiger partial charge in [-0.1, -0.05) is 97.1 Å². The van der Waals surface area contributed by atoms with E-state index in [1.807, 2.05) is 23.5 Å². The second-order valence-corrected chi connectivity index (χ2v) is 13.2. The van der Waals surface area contributed by atoms with Gasteiger partial charge in [-0.05, 0) is 99.4 Å². The van der Waals surface area contributed by atoms with Crippen LogP contribution in [-0.4, -0.2) is 0 Å². The van der Waals surface area contributed by atoms with E-state index in [0.717, 1.165) is 39.0 Å². The fraction of sp³-hybridized carbons (Fsp3) is 0. The normalized spacial score (nSPS) is 11.8. The van der Waals surface area contributed by atoms with Gasteiger partial charge in [0.25, 0.3) is 0 Å². The molecule has 10 aromatic rings. The number of hydrogen-bond donors (Lipinski definition) is 0. The number of rotatable bonds is 4. The second-order valence-electron chi connectivity index (χ2n) is 12.2. The highest BCUT2D eigenvalue weighted by Crippen LogP contribution is 2.42. The van der Waals surface area contributed by atoms with E-state index >= 15 is 0 Å². The Kier molecular flexibility index (Phi) is 5.78. The van der Waals surface area contributed by atoms with Crippen molar-refractivity contribution in [3.8, 4) is 11.1 Å². The fourth-order valence-corrected chi connectivity index (χ4v) is 8.30. The smallest absolute Gasteiger partial charge is 0.135 e. The van der Waals surface area contributed by atoms with Crippen LogP contribution >= 0.6 is 11.3 Å². The van der Waals surface area contributed by atoms with Gasteiger partial charge in [0.05, 0.1) is 0 Å². The summed E-state index contributed by atoms with van der Waals surface area (Å²) in [6.07, 6.45) is 0. The Hall–Kier alpha value is -5.90. The van der Waals surface area contributed by atoms with E-state index < -0.39 is 0 Å². The minimum atomic E-state index is 0.895. The summed E-state index contributed by atoms with van der Waals surface area (Å²) >= 11 is 1.86. The van der Waals surface area contributed by atoms with Crippen LogP contribution < -0.4 is 4.90 Å². The third-order valence-corrected chi connectivity index (χ3v) is 10.6. The first-order chi connectivity index (χ1) is 23.3. The van der Waals surface area contributed by atoms with Crippen molar-refractivity contribution in [3.63, 3.8) is 0 Å². The van der Waals surface area contributed by atoms with Crippen molar-refractivity contribution < 1.29 is 4.42 Å². The Morgan fingerprint density at radius 2 is 1.09 bits per heavy atom. The maximum absolute atomic E-state index is 6.20. The van der Waals surface area contributed by atoms with Gasteiger partial charge in [-0.15, -0.1) is 11.3 Å². The fourth-order valence-electron chi connectivity index (χ4n) is 7.16. The number of fused-ring (bicyclic) bond motifs is 8. The van der Waals surface area contributed by atoms with Crippen LogP contribution in [0.25, 0.3) is 74.8 Å². The highest BCUT2D eigenvalue weighted by molar-refractivity contribution is 7.25. The second kappa shape index (κ2) is 10.3. The first-order valence-corrected chi connectivity index (χ1v) is 16.7. The molecule has 8 aromatic carbocycles. The predicted molar refractivity (Wildman–Crippen MR) is 202 cm³/mol. The molecule has 3 heteroatoms. The number of thiophene rings is 1. The molecule has 0 spiro atoms. The largest absolute Gasteiger partial charge is 0.456 e. The van der Waals surface area contributed by atoms with Gasteiger partial charge >= 0.3 is 0 Å². The lowest BCUT2D eigenvalue weighted by molar-refractivity contribution is 0.669. The number of anilines is 3. The lowest BCUT2D eigenvalue weighted by Gasteiger charge is -2.26. The van der Waals surface area contributed by atoms with Crippen molar-refractivity contribution in [3.05, 3.63) is 164 Å². The molecular formula is C44H27NOS. The van der Waals surface area contributed by atoms with E-state index in [4.69, 9.17) is 4.42 Å². The number of nitrogens with zero attached hydrogens (tertiary/aromatic N) is 1. The Morgan fingerprint density at radius 1 is 0.383 bits per heavy atom. The summed E-state index contributed by atoms with van der Waals surface area (Å²) in [4.78, 5) is 2.36. The van der Waals surface area contributed by atoms with E-state index in [1.54, 1.807) is 0 Å². The summed E-state index contributed by atoms with van der Waals surface area (Å²) < 4.78 is 8.84. The van der Waals surface area contributed by atoms with Crippen LogP contribution in [0, 0.1) is 0 Å². The van der Waals surface area contributed by atoms with Crippen molar-refractivity contribution >= 4 is 92.1 Å². The van der Waals surface area contributed by atoms with Gasteiger partial charge in [0.1, 0.15) is 11.2 Å². The van der Waals surface area contributed by atoms with Crippen LogP contribution in [0.4, 0.5) is 17.1 Å². The summed E-state index contributed by atoms with van der Waals surface area (Å²) in [5, 5.41) is 9.88. The maximum Gasteiger partial charge on any atom is 0.135 e. The average Bonchev–Trinajstić information content (AvgIpc) is 3.68. The molecular weight excluding hydrogens is 591 g/mol. The summed E-state index contributed by atoms with van der Waals surface area (Å²) in [6, 6.07) is 59.2. The van der Waals surface area contributed by atoms with Gasteiger partial charge < -0.3 is 9.32 Å². The first kappa shape index (κ1) is 26.3. The molecule has 220 valence electrons. The van der Waals surface area contributed by atoms with Crippen molar-refractivity contribution in [1.82, 2.24) is 0 Å². The van der Waals surface area contributed by atoms with Crippen molar-refractivity contribution in [2.24, 2.45) is 0 Å². The van der Waals surface area contributed by atoms with Crippen molar-refractivity contribution in [2.45, 2.75) is 0 Å². The zero-order valence-electron chi connectivity index (χ0n) is 25.4. The monoisotopic (exact) mass is 617 g/mol. The van der Waals surface area contributed by atoms with Crippen molar-refractivity contribution in [1.29, 1.82) is 0 Å². The Morgan fingerprint density at radius 3 is 2.00 bits per heavy atom. The number of benzene rings is 8. The minimum Gasteiger partial charge on any atom is -0.456 e. The number of hydrogen-bond acceptors (Lipinski definition) is 3. The molecule has 0 aliphatic heterocycles. The lowest BCUT2D eigenvalue weighted by Crippen LogP contribution is -2.09. The van der Waals surface area contributed by atoms with Crippen molar-refractivity contribution in [2.75, 3.05) is 4.90 Å².